The van der Waals surface area contributed by atoms with E-state index < -0.39 is 6.29 Å². The smallest absolute Gasteiger partial charge is 0.152 e. The number of alkyl halides is 1. The SMILES string of the molecule is CCCC[C@H](Cl)CC[C@@H](CC)O[C@@H](C)O. The maximum Gasteiger partial charge on any atom is 0.152 e. The molecule has 15 heavy (non-hydrogen) atoms. The van der Waals surface area contributed by atoms with Crippen LogP contribution < -0.4 is 0 Å². The fraction of sp³-hybridized carbons (Fsp3) is 1.00. The fourth-order valence-electron chi connectivity index (χ4n) is 1.58. The molecule has 0 aromatic rings. The molecule has 0 saturated heterocycles. The van der Waals surface area contributed by atoms with Crippen LogP contribution in [0.5, 0.6) is 0 Å². The Morgan fingerprint density at radius 2 is 1.87 bits per heavy atom. The topological polar surface area (TPSA) is 29.5 Å². The molecule has 0 fully saturated rings. The first-order valence-electron chi connectivity index (χ1n) is 6.07. The fourth-order valence-corrected chi connectivity index (χ4v) is 1.86. The van der Waals surface area contributed by atoms with Crippen molar-refractivity contribution in [3.05, 3.63) is 0 Å². The second-order valence-corrected chi connectivity index (χ2v) is 4.70. The molecule has 92 valence electrons. The summed E-state index contributed by atoms with van der Waals surface area (Å²) in [5.74, 6) is 0. The largest absolute Gasteiger partial charge is 0.368 e. The number of aliphatic hydroxyl groups excluding tert-OH is 1. The van der Waals surface area contributed by atoms with E-state index in [-0.39, 0.29) is 11.5 Å². The van der Waals surface area contributed by atoms with E-state index in [0.717, 1.165) is 25.7 Å². The molecule has 0 unspecified atom stereocenters. The third kappa shape index (κ3) is 9.16. The summed E-state index contributed by atoms with van der Waals surface area (Å²) in [5.41, 5.74) is 0. The third-order valence-corrected chi connectivity index (χ3v) is 2.95. The Morgan fingerprint density at radius 3 is 2.33 bits per heavy atom. The van der Waals surface area contributed by atoms with E-state index in [1.807, 2.05) is 0 Å². The molecule has 0 aliphatic heterocycles. The summed E-state index contributed by atoms with van der Waals surface area (Å²) in [7, 11) is 0. The van der Waals surface area contributed by atoms with Gasteiger partial charge < -0.3 is 9.84 Å². The number of ether oxygens (including phenoxy) is 1. The molecule has 0 rings (SSSR count). The highest BCUT2D eigenvalue weighted by Crippen LogP contribution is 2.17. The summed E-state index contributed by atoms with van der Waals surface area (Å²) in [4.78, 5) is 0. The van der Waals surface area contributed by atoms with Crippen molar-refractivity contribution in [1.29, 1.82) is 0 Å². The minimum Gasteiger partial charge on any atom is -0.368 e. The average molecular weight is 237 g/mol. The second-order valence-electron chi connectivity index (χ2n) is 4.08. The highest BCUT2D eigenvalue weighted by atomic mass is 35.5. The number of unbranched alkanes of at least 4 members (excludes halogenated alkanes) is 1. The van der Waals surface area contributed by atoms with Crippen LogP contribution in [0.25, 0.3) is 0 Å². The molecule has 3 heteroatoms. The maximum atomic E-state index is 9.11. The first-order chi connectivity index (χ1) is 7.10. The van der Waals surface area contributed by atoms with Gasteiger partial charge in [0, 0.05) is 5.38 Å². The van der Waals surface area contributed by atoms with Crippen LogP contribution in [0.4, 0.5) is 0 Å². The van der Waals surface area contributed by atoms with Crippen molar-refractivity contribution < 1.29 is 9.84 Å². The van der Waals surface area contributed by atoms with E-state index in [2.05, 4.69) is 13.8 Å². The zero-order chi connectivity index (χ0) is 11.7. The highest BCUT2D eigenvalue weighted by molar-refractivity contribution is 6.20. The van der Waals surface area contributed by atoms with Gasteiger partial charge in [-0.05, 0) is 32.6 Å². The summed E-state index contributed by atoms with van der Waals surface area (Å²) in [6, 6.07) is 0. The van der Waals surface area contributed by atoms with Crippen molar-refractivity contribution in [3.63, 3.8) is 0 Å². The minimum atomic E-state index is -0.667. The number of rotatable bonds is 9. The minimum absolute atomic E-state index is 0.146. The lowest BCUT2D eigenvalue weighted by atomic mass is 10.1. The molecule has 0 aliphatic rings. The third-order valence-electron chi connectivity index (χ3n) is 2.52. The van der Waals surface area contributed by atoms with Crippen LogP contribution in [0.2, 0.25) is 0 Å². The molecule has 0 aliphatic carbocycles. The normalized spacial score (nSPS) is 17.4. The van der Waals surface area contributed by atoms with E-state index in [4.69, 9.17) is 21.4 Å². The summed E-state index contributed by atoms with van der Waals surface area (Å²) >= 11 is 6.18. The molecule has 3 atom stereocenters. The van der Waals surface area contributed by atoms with Gasteiger partial charge in [-0.1, -0.05) is 26.7 Å². The standard InChI is InChI=1S/C12H25ClO2/c1-4-6-7-11(13)8-9-12(5-2)15-10(3)14/h10-12,14H,4-9H2,1-3H3/t10-,11-,12+/m0/s1. The van der Waals surface area contributed by atoms with E-state index >= 15 is 0 Å². The molecule has 0 bridgehead atoms. The number of hydrogen-bond acceptors (Lipinski definition) is 2. The Bertz CT molecular complexity index is 140. The Labute approximate surface area is 99.0 Å². The van der Waals surface area contributed by atoms with Crippen LogP contribution in [0.1, 0.15) is 59.3 Å². The molecule has 0 spiro atoms. The molecule has 2 nitrogen and oxygen atoms in total. The molecule has 0 heterocycles. The van der Waals surface area contributed by atoms with Crippen molar-refractivity contribution in [1.82, 2.24) is 0 Å². The quantitative estimate of drug-likeness (QED) is 0.489. The van der Waals surface area contributed by atoms with Gasteiger partial charge in [0.2, 0.25) is 0 Å². The van der Waals surface area contributed by atoms with Crippen molar-refractivity contribution in [2.75, 3.05) is 0 Å². The average Bonchev–Trinajstić information content (AvgIpc) is 2.20. The van der Waals surface area contributed by atoms with Gasteiger partial charge in [-0.25, -0.2) is 0 Å². The van der Waals surface area contributed by atoms with Crippen LogP contribution in [0, 0.1) is 0 Å². The lowest BCUT2D eigenvalue weighted by molar-refractivity contribution is -0.126. The maximum absolute atomic E-state index is 9.11. The summed E-state index contributed by atoms with van der Waals surface area (Å²) in [6.45, 7) is 5.90. The van der Waals surface area contributed by atoms with Gasteiger partial charge >= 0.3 is 0 Å². The van der Waals surface area contributed by atoms with E-state index in [9.17, 15) is 0 Å². The summed E-state index contributed by atoms with van der Waals surface area (Å²) < 4.78 is 5.35. The second kappa shape index (κ2) is 9.44. The van der Waals surface area contributed by atoms with Gasteiger partial charge in [0.15, 0.2) is 6.29 Å². The van der Waals surface area contributed by atoms with Gasteiger partial charge in [0.25, 0.3) is 0 Å². The lowest BCUT2D eigenvalue weighted by Crippen LogP contribution is -2.20. The summed E-state index contributed by atoms with van der Waals surface area (Å²) in [6.07, 6.45) is 5.82. The molecule has 1 N–H and O–H groups in total. The van der Waals surface area contributed by atoms with Crippen molar-refractivity contribution in [2.45, 2.75) is 77.1 Å². The van der Waals surface area contributed by atoms with Crippen molar-refractivity contribution >= 4 is 11.6 Å². The Morgan fingerprint density at radius 1 is 1.20 bits per heavy atom. The van der Waals surface area contributed by atoms with Crippen LogP contribution in [0.3, 0.4) is 0 Å². The van der Waals surface area contributed by atoms with Crippen molar-refractivity contribution in [3.8, 4) is 0 Å². The molecule has 0 radical (unpaired) electrons. The molecule has 0 aromatic heterocycles. The number of hydrogen-bond donors (Lipinski definition) is 1. The van der Waals surface area contributed by atoms with Crippen LogP contribution in [0.15, 0.2) is 0 Å². The zero-order valence-electron chi connectivity index (χ0n) is 10.2. The van der Waals surface area contributed by atoms with Gasteiger partial charge in [-0.15, -0.1) is 11.6 Å². The van der Waals surface area contributed by atoms with Gasteiger partial charge in [0.05, 0.1) is 6.10 Å². The Hall–Kier alpha value is 0.210. The summed E-state index contributed by atoms with van der Waals surface area (Å²) in [5, 5.41) is 9.37. The lowest BCUT2D eigenvalue weighted by Gasteiger charge is -2.19. The van der Waals surface area contributed by atoms with Gasteiger partial charge in [-0.3, -0.25) is 0 Å². The van der Waals surface area contributed by atoms with Crippen LogP contribution in [-0.4, -0.2) is 22.9 Å². The van der Waals surface area contributed by atoms with Crippen LogP contribution >= 0.6 is 11.6 Å². The molecule has 0 amide bonds. The number of aliphatic hydroxyl groups is 1. The molecular formula is C12H25ClO2. The predicted molar refractivity (Wildman–Crippen MR) is 65.2 cm³/mol. The first-order valence-corrected chi connectivity index (χ1v) is 6.51. The zero-order valence-corrected chi connectivity index (χ0v) is 11.0. The van der Waals surface area contributed by atoms with E-state index in [1.54, 1.807) is 6.92 Å². The monoisotopic (exact) mass is 236 g/mol. The predicted octanol–water partition coefficient (Wildman–Crippen LogP) is 3.70. The van der Waals surface area contributed by atoms with Crippen LogP contribution in [-0.2, 0) is 4.74 Å². The molecular weight excluding hydrogens is 212 g/mol. The highest BCUT2D eigenvalue weighted by Gasteiger charge is 2.12. The van der Waals surface area contributed by atoms with Crippen molar-refractivity contribution in [2.24, 2.45) is 0 Å². The van der Waals surface area contributed by atoms with E-state index in [0.29, 0.717) is 0 Å². The molecule has 0 aromatic carbocycles. The van der Waals surface area contributed by atoms with Gasteiger partial charge in [-0.2, -0.15) is 0 Å². The Balaban J connectivity index is 3.60. The first kappa shape index (κ1) is 15.2. The number of halogens is 1. The Kier molecular flexibility index (Phi) is 9.57. The van der Waals surface area contributed by atoms with E-state index in [1.165, 1.54) is 12.8 Å². The van der Waals surface area contributed by atoms with Gasteiger partial charge in [0.1, 0.15) is 0 Å². The molecule has 0 saturated carbocycles.